The summed E-state index contributed by atoms with van der Waals surface area (Å²) in [6.07, 6.45) is 3.26. The lowest BCUT2D eigenvalue weighted by molar-refractivity contribution is 0.253. The Labute approximate surface area is 121 Å². The molecule has 0 aromatic heterocycles. The standard InChI is InChI=1S/C15H24ClN3/c1-18-10-7-12(8-11-18)19(2)15-5-3-4-14(16)13(15)6-9-17/h3-5,12H,6-11,17H2,1-2H3. The first kappa shape index (κ1) is 14.6. The van der Waals surface area contributed by atoms with Gasteiger partial charge in [-0.25, -0.2) is 0 Å². The minimum atomic E-state index is 0.603. The van der Waals surface area contributed by atoms with Crippen LogP contribution in [0.1, 0.15) is 18.4 Å². The molecule has 0 atom stereocenters. The van der Waals surface area contributed by atoms with Gasteiger partial charge in [-0.1, -0.05) is 17.7 Å². The summed E-state index contributed by atoms with van der Waals surface area (Å²) in [5.74, 6) is 0. The molecule has 0 aliphatic carbocycles. The van der Waals surface area contributed by atoms with Crippen molar-refractivity contribution in [1.82, 2.24) is 4.90 Å². The van der Waals surface area contributed by atoms with Crippen molar-refractivity contribution in [3.8, 4) is 0 Å². The highest BCUT2D eigenvalue weighted by Crippen LogP contribution is 2.30. The molecular weight excluding hydrogens is 258 g/mol. The van der Waals surface area contributed by atoms with Crippen molar-refractivity contribution in [2.24, 2.45) is 5.73 Å². The summed E-state index contributed by atoms with van der Waals surface area (Å²) < 4.78 is 0. The van der Waals surface area contributed by atoms with Crippen molar-refractivity contribution < 1.29 is 0 Å². The van der Waals surface area contributed by atoms with Gasteiger partial charge in [-0.2, -0.15) is 0 Å². The van der Waals surface area contributed by atoms with Crippen LogP contribution < -0.4 is 10.6 Å². The molecule has 0 bridgehead atoms. The average molecular weight is 282 g/mol. The summed E-state index contributed by atoms with van der Waals surface area (Å²) in [4.78, 5) is 4.78. The lowest BCUT2D eigenvalue weighted by Crippen LogP contribution is -2.42. The monoisotopic (exact) mass is 281 g/mol. The Balaban J connectivity index is 2.18. The minimum absolute atomic E-state index is 0.603. The summed E-state index contributed by atoms with van der Waals surface area (Å²) in [6.45, 7) is 2.97. The molecule has 2 N–H and O–H groups in total. The summed E-state index contributed by atoms with van der Waals surface area (Å²) in [6, 6.07) is 6.75. The predicted octanol–water partition coefficient (Wildman–Crippen LogP) is 2.37. The second kappa shape index (κ2) is 6.60. The fourth-order valence-electron chi connectivity index (χ4n) is 2.85. The summed E-state index contributed by atoms with van der Waals surface area (Å²) >= 11 is 6.32. The van der Waals surface area contributed by atoms with Gasteiger partial charge in [-0.05, 0) is 63.6 Å². The third-order valence-corrected chi connectivity index (χ3v) is 4.46. The van der Waals surface area contributed by atoms with E-state index >= 15 is 0 Å². The number of hydrogen-bond donors (Lipinski definition) is 1. The number of hydrogen-bond acceptors (Lipinski definition) is 3. The lowest BCUT2D eigenvalue weighted by atomic mass is 10.0. The Bertz CT molecular complexity index is 414. The fourth-order valence-corrected chi connectivity index (χ4v) is 3.11. The van der Waals surface area contributed by atoms with Crippen LogP contribution in [0.4, 0.5) is 5.69 Å². The van der Waals surface area contributed by atoms with Crippen molar-refractivity contribution in [2.75, 3.05) is 38.6 Å². The van der Waals surface area contributed by atoms with E-state index in [1.54, 1.807) is 0 Å². The molecule has 0 amide bonds. The topological polar surface area (TPSA) is 32.5 Å². The highest BCUT2D eigenvalue weighted by Gasteiger charge is 2.22. The molecule has 1 aliphatic rings. The molecule has 0 saturated carbocycles. The van der Waals surface area contributed by atoms with Gasteiger partial charge in [0.05, 0.1) is 0 Å². The normalized spacial score (nSPS) is 17.7. The molecule has 1 aromatic carbocycles. The van der Waals surface area contributed by atoms with Gasteiger partial charge in [-0.15, -0.1) is 0 Å². The Morgan fingerprint density at radius 1 is 1.37 bits per heavy atom. The zero-order valence-electron chi connectivity index (χ0n) is 11.9. The molecule has 4 heteroatoms. The van der Waals surface area contributed by atoms with Crippen molar-refractivity contribution in [2.45, 2.75) is 25.3 Å². The van der Waals surface area contributed by atoms with E-state index in [0.29, 0.717) is 12.6 Å². The molecule has 0 unspecified atom stereocenters. The highest BCUT2D eigenvalue weighted by atomic mass is 35.5. The van der Waals surface area contributed by atoms with Crippen LogP contribution in [-0.2, 0) is 6.42 Å². The van der Waals surface area contributed by atoms with Crippen LogP contribution in [0.15, 0.2) is 18.2 Å². The molecule has 1 saturated heterocycles. The number of piperidine rings is 1. The predicted molar refractivity (Wildman–Crippen MR) is 83.1 cm³/mol. The van der Waals surface area contributed by atoms with Gasteiger partial charge in [0.2, 0.25) is 0 Å². The zero-order chi connectivity index (χ0) is 13.8. The smallest absolute Gasteiger partial charge is 0.0459 e. The van der Waals surface area contributed by atoms with E-state index in [4.69, 9.17) is 17.3 Å². The quantitative estimate of drug-likeness (QED) is 0.920. The molecule has 1 heterocycles. The largest absolute Gasteiger partial charge is 0.371 e. The van der Waals surface area contributed by atoms with E-state index in [9.17, 15) is 0 Å². The van der Waals surface area contributed by atoms with Crippen LogP contribution in [0.25, 0.3) is 0 Å². The Kier molecular flexibility index (Phi) is 5.08. The van der Waals surface area contributed by atoms with Gasteiger partial charge < -0.3 is 15.5 Å². The number of nitrogens with zero attached hydrogens (tertiary/aromatic N) is 2. The van der Waals surface area contributed by atoms with Crippen LogP contribution >= 0.6 is 11.6 Å². The molecule has 2 rings (SSSR count). The second-order valence-electron chi connectivity index (χ2n) is 5.42. The Hall–Kier alpha value is -0.770. The number of likely N-dealkylation sites (tertiary alicyclic amines) is 1. The SMILES string of the molecule is CN1CCC(N(C)c2cccc(Cl)c2CCN)CC1. The number of halogens is 1. The molecule has 1 aliphatic heterocycles. The summed E-state index contributed by atoms with van der Waals surface area (Å²) in [7, 11) is 4.37. The van der Waals surface area contributed by atoms with E-state index in [1.165, 1.54) is 37.2 Å². The van der Waals surface area contributed by atoms with Gasteiger partial charge in [0.25, 0.3) is 0 Å². The van der Waals surface area contributed by atoms with Crippen LogP contribution in [0.5, 0.6) is 0 Å². The maximum absolute atomic E-state index is 6.32. The molecule has 106 valence electrons. The van der Waals surface area contributed by atoms with Crippen LogP contribution in [-0.4, -0.2) is 44.7 Å². The fraction of sp³-hybridized carbons (Fsp3) is 0.600. The van der Waals surface area contributed by atoms with Gasteiger partial charge in [0, 0.05) is 23.8 Å². The van der Waals surface area contributed by atoms with Crippen molar-refractivity contribution in [3.63, 3.8) is 0 Å². The van der Waals surface area contributed by atoms with E-state index in [0.717, 1.165) is 11.4 Å². The first-order chi connectivity index (χ1) is 9.13. The highest BCUT2D eigenvalue weighted by molar-refractivity contribution is 6.31. The molecule has 1 fully saturated rings. The van der Waals surface area contributed by atoms with Gasteiger partial charge in [0.1, 0.15) is 0 Å². The Morgan fingerprint density at radius 2 is 2.05 bits per heavy atom. The average Bonchev–Trinajstić information content (AvgIpc) is 2.41. The first-order valence-corrected chi connectivity index (χ1v) is 7.40. The number of benzene rings is 1. The number of nitrogens with two attached hydrogens (primary N) is 1. The minimum Gasteiger partial charge on any atom is -0.371 e. The van der Waals surface area contributed by atoms with Gasteiger partial charge in [-0.3, -0.25) is 0 Å². The lowest BCUT2D eigenvalue weighted by Gasteiger charge is -2.37. The first-order valence-electron chi connectivity index (χ1n) is 7.02. The summed E-state index contributed by atoms with van der Waals surface area (Å²) in [5.41, 5.74) is 8.14. The third kappa shape index (κ3) is 3.41. The number of rotatable bonds is 4. The second-order valence-corrected chi connectivity index (χ2v) is 5.83. The van der Waals surface area contributed by atoms with Crippen molar-refractivity contribution in [1.29, 1.82) is 0 Å². The van der Waals surface area contributed by atoms with E-state index in [-0.39, 0.29) is 0 Å². The van der Waals surface area contributed by atoms with E-state index in [2.05, 4.69) is 30.0 Å². The molecule has 0 radical (unpaired) electrons. The van der Waals surface area contributed by atoms with E-state index < -0.39 is 0 Å². The van der Waals surface area contributed by atoms with Crippen molar-refractivity contribution >= 4 is 17.3 Å². The van der Waals surface area contributed by atoms with Gasteiger partial charge >= 0.3 is 0 Å². The van der Waals surface area contributed by atoms with Gasteiger partial charge in [0.15, 0.2) is 0 Å². The van der Waals surface area contributed by atoms with E-state index in [1.807, 2.05) is 12.1 Å². The summed E-state index contributed by atoms with van der Waals surface area (Å²) in [5, 5.41) is 0.836. The molecule has 3 nitrogen and oxygen atoms in total. The molecular formula is C15H24ClN3. The van der Waals surface area contributed by atoms with Crippen LogP contribution in [0, 0.1) is 0 Å². The molecule has 0 spiro atoms. The maximum atomic E-state index is 6.32. The number of anilines is 1. The third-order valence-electron chi connectivity index (χ3n) is 4.10. The molecule has 19 heavy (non-hydrogen) atoms. The van der Waals surface area contributed by atoms with Crippen LogP contribution in [0.2, 0.25) is 5.02 Å². The molecule has 1 aromatic rings. The van der Waals surface area contributed by atoms with Crippen molar-refractivity contribution in [3.05, 3.63) is 28.8 Å². The maximum Gasteiger partial charge on any atom is 0.0459 e. The zero-order valence-corrected chi connectivity index (χ0v) is 12.7. The Morgan fingerprint density at radius 3 is 2.68 bits per heavy atom. The van der Waals surface area contributed by atoms with Crippen LogP contribution in [0.3, 0.4) is 0 Å².